The molecule has 1 rings (SSSR count). The van der Waals surface area contributed by atoms with E-state index < -0.39 is 0 Å². The Kier molecular flexibility index (Phi) is 5.90. The molecule has 0 heterocycles. The zero-order valence-electron chi connectivity index (χ0n) is 12.6. The second-order valence-electron chi connectivity index (χ2n) is 5.88. The van der Waals surface area contributed by atoms with Gasteiger partial charge < -0.3 is 5.32 Å². The molecule has 104 valence electrons. The van der Waals surface area contributed by atoms with Crippen LogP contribution in [0.1, 0.15) is 52.2 Å². The Balaban J connectivity index is 2.82. The van der Waals surface area contributed by atoms with Crippen molar-refractivity contribution >= 4 is 11.8 Å². The maximum atomic E-state index is 9.27. The standard InChI is InChI=1S/C16H24N2S/c1-6-12(2)19-15-8-7-13(9-14(15)10-17)11-18-16(3,4)5/h7-9,12,18H,6,11H2,1-5H3. The first-order valence-electron chi connectivity index (χ1n) is 6.80. The third-order valence-corrected chi connectivity index (χ3v) is 4.24. The third-order valence-electron chi connectivity index (χ3n) is 2.89. The molecule has 1 aromatic carbocycles. The Bertz CT molecular complexity index is 455. The smallest absolute Gasteiger partial charge is 0.100 e. The van der Waals surface area contributed by atoms with Crippen LogP contribution in [0.4, 0.5) is 0 Å². The summed E-state index contributed by atoms with van der Waals surface area (Å²) in [5.41, 5.74) is 2.05. The molecule has 0 aliphatic carbocycles. The van der Waals surface area contributed by atoms with Gasteiger partial charge in [-0.3, -0.25) is 0 Å². The van der Waals surface area contributed by atoms with Crippen LogP contribution in [0.25, 0.3) is 0 Å². The van der Waals surface area contributed by atoms with Crippen LogP contribution in [0.3, 0.4) is 0 Å². The summed E-state index contributed by atoms with van der Waals surface area (Å²) in [7, 11) is 0. The molecule has 0 saturated carbocycles. The lowest BCUT2D eigenvalue weighted by Crippen LogP contribution is -2.35. The summed E-state index contributed by atoms with van der Waals surface area (Å²) in [6, 6.07) is 8.51. The summed E-state index contributed by atoms with van der Waals surface area (Å²) in [5, 5.41) is 13.3. The lowest BCUT2D eigenvalue weighted by Gasteiger charge is -2.21. The fourth-order valence-electron chi connectivity index (χ4n) is 1.54. The van der Waals surface area contributed by atoms with Gasteiger partial charge in [-0.15, -0.1) is 11.8 Å². The topological polar surface area (TPSA) is 35.8 Å². The largest absolute Gasteiger partial charge is 0.308 e. The summed E-state index contributed by atoms with van der Waals surface area (Å²) in [4.78, 5) is 1.09. The van der Waals surface area contributed by atoms with E-state index in [1.165, 1.54) is 5.56 Å². The van der Waals surface area contributed by atoms with Crippen molar-refractivity contribution in [2.45, 2.75) is 63.3 Å². The molecule has 1 aromatic rings. The van der Waals surface area contributed by atoms with Crippen molar-refractivity contribution in [1.82, 2.24) is 5.32 Å². The number of hydrogen-bond acceptors (Lipinski definition) is 3. The lowest BCUT2D eigenvalue weighted by atomic mass is 10.1. The highest BCUT2D eigenvalue weighted by Crippen LogP contribution is 2.28. The van der Waals surface area contributed by atoms with Gasteiger partial charge in [-0.1, -0.05) is 19.9 Å². The Hall–Kier alpha value is -0.980. The van der Waals surface area contributed by atoms with Gasteiger partial charge in [-0.2, -0.15) is 5.26 Å². The molecule has 0 amide bonds. The van der Waals surface area contributed by atoms with Crippen molar-refractivity contribution in [3.63, 3.8) is 0 Å². The van der Waals surface area contributed by atoms with Crippen LogP contribution in [0.2, 0.25) is 0 Å². The first-order valence-corrected chi connectivity index (χ1v) is 7.68. The quantitative estimate of drug-likeness (QED) is 0.813. The second kappa shape index (κ2) is 6.98. The summed E-state index contributed by atoms with van der Waals surface area (Å²) >= 11 is 1.78. The summed E-state index contributed by atoms with van der Waals surface area (Å²) in [5.74, 6) is 0. The number of hydrogen-bond donors (Lipinski definition) is 1. The molecule has 1 unspecified atom stereocenters. The molecule has 1 atom stereocenters. The zero-order valence-corrected chi connectivity index (χ0v) is 13.4. The SMILES string of the molecule is CCC(C)Sc1ccc(CNC(C)(C)C)cc1C#N. The molecular formula is C16H24N2S. The van der Waals surface area contributed by atoms with Gasteiger partial charge >= 0.3 is 0 Å². The van der Waals surface area contributed by atoms with Gasteiger partial charge in [0.2, 0.25) is 0 Å². The number of nitrogens with zero attached hydrogens (tertiary/aromatic N) is 1. The van der Waals surface area contributed by atoms with Gasteiger partial charge in [0, 0.05) is 22.2 Å². The van der Waals surface area contributed by atoms with Crippen molar-refractivity contribution in [2.24, 2.45) is 0 Å². The highest BCUT2D eigenvalue weighted by Gasteiger charge is 2.11. The number of nitrogens with one attached hydrogen (secondary N) is 1. The molecule has 19 heavy (non-hydrogen) atoms. The van der Waals surface area contributed by atoms with Gasteiger partial charge in [0.1, 0.15) is 6.07 Å². The summed E-state index contributed by atoms with van der Waals surface area (Å²) in [6.45, 7) is 11.6. The van der Waals surface area contributed by atoms with E-state index in [1.54, 1.807) is 11.8 Å². The van der Waals surface area contributed by atoms with Crippen molar-refractivity contribution in [1.29, 1.82) is 5.26 Å². The van der Waals surface area contributed by atoms with E-state index in [9.17, 15) is 5.26 Å². The molecular weight excluding hydrogens is 252 g/mol. The van der Waals surface area contributed by atoms with Crippen molar-refractivity contribution in [3.8, 4) is 6.07 Å². The number of rotatable bonds is 5. The van der Waals surface area contributed by atoms with Crippen molar-refractivity contribution < 1.29 is 0 Å². The number of nitriles is 1. The summed E-state index contributed by atoms with van der Waals surface area (Å²) < 4.78 is 0. The van der Waals surface area contributed by atoms with E-state index in [1.807, 2.05) is 6.07 Å². The fourth-order valence-corrected chi connectivity index (χ4v) is 2.52. The van der Waals surface area contributed by atoms with Crippen LogP contribution in [-0.4, -0.2) is 10.8 Å². The minimum Gasteiger partial charge on any atom is -0.308 e. The Morgan fingerprint density at radius 1 is 1.37 bits per heavy atom. The van der Waals surface area contributed by atoms with E-state index in [2.05, 4.69) is 58.1 Å². The van der Waals surface area contributed by atoms with Gasteiger partial charge in [0.05, 0.1) is 5.56 Å². The Morgan fingerprint density at radius 3 is 2.58 bits per heavy atom. The average Bonchev–Trinajstić information content (AvgIpc) is 2.36. The molecule has 3 heteroatoms. The van der Waals surface area contributed by atoms with Crippen LogP contribution in [0.15, 0.2) is 23.1 Å². The maximum absolute atomic E-state index is 9.27. The molecule has 2 nitrogen and oxygen atoms in total. The summed E-state index contributed by atoms with van der Waals surface area (Å²) in [6.07, 6.45) is 1.11. The van der Waals surface area contributed by atoms with Crippen molar-refractivity contribution in [2.75, 3.05) is 0 Å². The van der Waals surface area contributed by atoms with Gasteiger partial charge in [0.25, 0.3) is 0 Å². The Morgan fingerprint density at radius 2 is 2.05 bits per heavy atom. The molecule has 0 spiro atoms. The monoisotopic (exact) mass is 276 g/mol. The van der Waals surface area contributed by atoms with Gasteiger partial charge in [-0.25, -0.2) is 0 Å². The highest BCUT2D eigenvalue weighted by atomic mass is 32.2. The van der Waals surface area contributed by atoms with E-state index in [4.69, 9.17) is 0 Å². The van der Waals surface area contributed by atoms with Crippen LogP contribution < -0.4 is 5.32 Å². The molecule has 0 aliphatic rings. The molecule has 0 aromatic heterocycles. The number of thioether (sulfide) groups is 1. The maximum Gasteiger partial charge on any atom is 0.100 e. The van der Waals surface area contributed by atoms with Crippen LogP contribution in [0, 0.1) is 11.3 Å². The fraction of sp³-hybridized carbons (Fsp3) is 0.562. The molecule has 0 fully saturated rings. The predicted octanol–water partition coefficient (Wildman–Crippen LogP) is 4.34. The molecule has 1 N–H and O–H groups in total. The lowest BCUT2D eigenvalue weighted by molar-refractivity contribution is 0.424. The molecule has 0 saturated heterocycles. The van der Waals surface area contributed by atoms with E-state index in [0.29, 0.717) is 5.25 Å². The third kappa shape index (κ3) is 5.67. The van der Waals surface area contributed by atoms with Crippen LogP contribution in [-0.2, 0) is 6.54 Å². The van der Waals surface area contributed by atoms with Crippen LogP contribution >= 0.6 is 11.8 Å². The van der Waals surface area contributed by atoms with E-state index >= 15 is 0 Å². The minimum atomic E-state index is 0.0942. The van der Waals surface area contributed by atoms with E-state index in [0.717, 1.165) is 23.4 Å². The Labute approximate surface area is 121 Å². The minimum absolute atomic E-state index is 0.0942. The second-order valence-corrected chi connectivity index (χ2v) is 7.36. The van der Waals surface area contributed by atoms with Gasteiger partial charge in [-0.05, 0) is 44.9 Å². The zero-order chi connectivity index (χ0) is 14.5. The van der Waals surface area contributed by atoms with Crippen molar-refractivity contribution in [3.05, 3.63) is 29.3 Å². The normalized spacial score (nSPS) is 13.1. The molecule has 0 bridgehead atoms. The highest BCUT2D eigenvalue weighted by molar-refractivity contribution is 8.00. The van der Waals surface area contributed by atoms with Crippen LogP contribution in [0.5, 0.6) is 0 Å². The van der Waals surface area contributed by atoms with Gasteiger partial charge in [0.15, 0.2) is 0 Å². The first-order chi connectivity index (χ1) is 8.85. The number of benzene rings is 1. The predicted molar refractivity (Wildman–Crippen MR) is 83.4 cm³/mol. The molecule has 0 radical (unpaired) electrons. The average molecular weight is 276 g/mol. The first kappa shape index (κ1) is 16.1. The molecule has 0 aliphatic heterocycles. The van der Waals surface area contributed by atoms with E-state index in [-0.39, 0.29) is 5.54 Å².